The summed E-state index contributed by atoms with van der Waals surface area (Å²) in [5, 5.41) is 19.0. The highest BCUT2D eigenvalue weighted by atomic mass is 32.2. The Morgan fingerprint density at radius 3 is 2.43 bits per heavy atom. The molecule has 3 heterocycles. The first-order chi connectivity index (χ1) is 14.4. The molecule has 0 radical (unpaired) electrons. The number of ketones is 1. The van der Waals surface area contributed by atoms with E-state index in [1.807, 2.05) is 62.0 Å². The van der Waals surface area contributed by atoms with Gasteiger partial charge in [-0.1, -0.05) is 23.9 Å². The van der Waals surface area contributed by atoms with Crippen LogP contribution >= 0.6 is 23.1 Å². The molecule has 0 spiro atoms. The fourth-order valence-corrected chi connectivity index (χ4v) is 4.82. The first-order valence-corrected chi connectivity index (χ1v) is 10.9. The molecule has 0 fully saturated rings. The third-order valence-electron chi connectivity index (χ3n) is 4.69. The van der Waals surface area contributed by atoms with E-state index in [2.05, 4.69) is 21.3 Å². The van der Waals surface area contributed by atoms with Crippen LogP contribution in [0.4, 0.5) is 11.4 Å². The van der Waals surface area contributed by atoms with Gasteiger partial charge in [0.25, 0.3) is 11.1 Å². The minimum Gasteiger partial charge on any atom is -0.410 e. The van der Waals surface area contributed by atoms with Gasteiger partial charge >= 0.3 is 0 Å². The molecular weight excluding hydrogens is 420 g/mol. The van der Waals surface area contributed by atoms with Crippen molar-refractivity contribution in [2.24, 2.45) is 0 Å². The van der Waals surface area contributed by atoms with Gasteiger partial charge in [-0.05, 0) is 26.0 Å². The molecule has 0 saturated carbocycles. The van der Waals surface area contributed by atoms with Gasteiger partial charge in [0.05, 0.1) is 27.8 Å². The highest BCUT2D eigenvalue weighted by Gasteiger charge is 2.31. The minimum absolute atomic E-state index is 0.0206. The van der Waals surface area contributed by atoms with E-state index in [-0.39, 0.29) is 22.3 Å². The third kappa shape index (κ3) is 3.46. The number of fused-ring (bicyclic) bond motifs is 1. The number of thiazole rings is 1. The summed E-state index contributed by atoms with van der Waals surface area (Å²) in [5.41, 5.74) is 2.81. The predicted molar refractivity (Wildman–Crippen MR) is 116 cm³/mol. The molecule has 3 aromatic rings. The molecule has 0 amide bonds. The number of allylic oxidation sites excluding steroid dienone is 1. The van der Waals surface area contributed by atoms with E-state index in [9.17, 15) is 10.1 Å². The zero-order valence-corrected chi connectivity index (χ0v) is 18.5. The Balaban J connectivity index is 1.52. The van der Waals surface area contributed by atoms with Gasteiger partial charge in [0.15, 0.2) is 5.78 Å². The summed E-state index contributed by atoms with van der Waals surface area (Å²) in [4.78, 5) is 21.8. The fraction of sp³-hybridized carbons (Fsp3) is 0.250. The van der Waals surface area contributed by atoms with E-state index in [0.717, 1.165) is 38.7 Å². The second-order valence-electron chi connectivity index (χ2n) is 6.65. The van der Waals surface area contributed by atoms with Crippen LogP contribution in [0.25, 0.3) is 10.8 Å². The third-order valence-corrected chi connectivity index (χ3v) is 6.56. The molecule has 1 aliphatic heterocycles. The monoisotopic (exact) mass is 438 g/mol. The molecule has 0 N–H and O–H groups in total. The Morgan fingerprint density at radius 2 is 1.87 bits per heavy atom. The zero-order valence-electron chi connectivity index (χ0n) is 16.8. The molecule has 0 aliphatic carbocycles. The number of aryl methyl sites for hydroxylation is 2. The second-order valence-corrected chi connectivity index (χ2v) is 8.78. The topological polar surface area (TPSA) is 99.1 Å². The van der Waals surface area contributed by atoms with Crippen molar-refractivity contribution in [3.63, 3.8) is 0 Å². The minimum atomic E-state index is -0.298. The maximum absolute atomic E-state index is 12.9. The Labute approximate surface area is 181 Å². The number of benzene rings is 1. The molecule has 10 heteroatoms. The van der Waals surface area contributed by atoms with E-state index in [4.69, 9.17) is 4.42 Å². The fourth-order valence-electron chi connectivity index (χ4n) is 3.35. The van der Waals surface area contributed by atoms with Crippen molar-refractivity contribution >= 4 is 40.3 Å². The molecule has 0 unspecified atom stereocenters. The van der Waals surface area contributed by atoms with Crippen molar-refractivity contribution in [3.05, 3.63) is 46.4 Å². The highest BCUT2D eigenvalue weighted by Crippen LogP contribution is 2.40. The lowest BCUT2D eigenvalue weighted by atomic mass is 10.2. The van der Waals surface area contributed by atoms with Crippen LogP contribution in [0.5, 0.6) is 0 Å². The number of hydrogen-bond acceptors (Lipinski definition) is 10. The number of nitriles is 1. The van der Waals surface area contributed by atoms with Crippen LogP contribution in [0.3, 0.4) is 0 Å². The number of para-hydroxylation sites is 2. The van der Waals surface area contributed by atoms with Gasteiger partial charge in [-0.25, -0.2) is 4.98 Å². The number of thioether (sulfide) groups is 1. The van der Waals surface area contributed by atoms with Gasteiger partial charge < -0.3 is 14.2 Å². The highest BCUT2D eigenvalue weighted by molar-refractivity contribution is 7.99. The van der Waals surface area contributed by atoms with E-state index >= 15 is 0 Å². The Hall–Kier alpha value is -3.16. The van der Waals surface area contributed by atoms with E-state index in [0.29, 0.717) is 11.7 Å². The predicted octanol–water partition coefficient (Wildman–Crippen LogP) is 3.79. The number of anilines is 2. The molecular formula is C20H18N6O2S2. The molecule has 1 aliphatic rings. The zero-order chi connectivity index (χ0) is 21.4. The summed E-state index contributed by atoms with van der Waals surface area (Å²) in [6.07, 6.45) is 0. The first-order valence-electron chi connectivity index (χ1n) is 9.05. The van der Waals surface area contributed by atoms with Crippen LogP contribution in [-0.2, 0) is 4.79 Å². The van der Waals surface area contributed by atoms with Crippen molar-refractivity contribution < 1.29 is 9.21 Å². The first kappa shape index (κ1) is 20.1. The van der Waals surface area contributed by atoms with Gasteiger partial charge in [0, 0.05) is 14.1 Å². The molecule has 8 nitrogen and oxygen atoms in total. The number of carbonyl (C=O) groups excluding carboxylic acids is 1. The molecule has 2 aromatic heterocycles. The van der Waals surface area contributed by atoms with Crippen molar-refractivity contribution in [2.45, 2.75) is 19.1 Å². The van der Waals surface area contributed by atoms with E-state index in [1.54, 1.807) is 0 Å². The summed E-state index contributed by atoms with van der Waals surface area (Å²) < 4.78 is 5.69. The van der Waals surface area contributed by atoms with Crippen molar-refractivity contribution in [1.29, 1.82) is 5.26 Å². The van der Waals surface area contributed by atoms with Gasteiger partial charge in [-0.3, -0.25) is 4.79 Å². The number of nitrogens with zero attached hydrogens (tertiary/aromatic N) is 6. The van der Waals surface area contributed by atoms with Crippen molar-refractivity contribution in [3.8, 4) is 16.8 Å². The van der Waals surface area contributed by atoms with Crippen molar-refractivity contribution in [1.82, 2.24) is 15.2 Å². The maximum Gasteiger partial charge on any atom is 0.277 e. The average molecular weight is 439 g/mol. The number of Topliss-reactive ketones (excluding diaryl/α,β-unsaturated/α-hetero) is 1. The summed E-state index contributed by atoms with van der Waals surface area (Å²) >= 11 is 2.60. The average Bonchev–Trinajstić information content (AvgIpc) is 3.40. The van der Waals surface area contributed by atoms with Crippen LogP contribution in [-0.4, -0.2) is 40.8 Å². The number of aromatic nitrogens is 3. The summed E-state index contributed by atoms with van der Waals surface area (Å²) in [5.74, 6) is 0.671. The van der Waals surface area contributed by atoms with Gasteiger partial charge in [-0.15, -0.1) is 21.5 Å². The summed E-state index contributed by atoms with van der Waals surface area (Å²) in [6, 6.07) is 9.84. The molecule has 0 bridgehead atoms. The van der Waals surface area contributed by atoms with Gasteiger partial charge in [0.1, 0.15) is 22.3 Å². The number of carbonyl (C=O) groups is 1. The van der Waals surface area contributed by atoms with E-state index in [1.165, 1.54) is 11.3 Å². The van der Waals surface area contributed by atoms with E-state index < -0.39 is 0 Å². The maximum atomic E-state index is 12.9. The van der Waals surface area contributed by atoms with Gasteiger partial charge in [-0.2, -0.15) is 5.26 Å². The molecule has 0 atom stereocenters. The Morgan fingerprint density at radius 1 is 1.20 bits per heavy atom. The molecule has 152 valence electrons. The number of rotatable bonds is 5. The molecule has 1 aromatic carbocycles. The number of hydrogen-bond donors (Lipinski definition) is 0. The SMILES string of the molecule is Cc1nc(C)c(-c2nnc(SCC(=O)C(C#N)=C3N(C)c4ccccc4N3C)o2)s1. The van der Waals surface area contributed by atoms with Crippen LogP contribution in [0, 0.1) is 25.2 Å². The quantitative estimate of drug-likeness (QED) is 0.334. The molecule has 4 rings (SSSR count). The van der Waals surface area contributed by atoms with Crippen LogP contribution < -0.4 is 9.80 Å². The van der Waals surface area contributed by atoms with Crippen molar-refractivity contribution in [2.75, 3.05) is 29.6 Å². The Kier molecular flexibility index (Phi) is 5.32. The largest absolute Gasteiger partial charge is 0.410 e. The second kappa shape index (κ2) is 7.93. The lowest BCUT2D eigenvalue weighted by molar-refractivity contribution is -0.112. The summed E-state index contributed by atoms with van der Waals surface area (Å²) in [6.45, 7) is 3.80. The Bertz CT molecular complexity index is 1180. The summed E-state index contributed by atoms with van der Waals surface area (Å²) in [7, 11) is 3.69. The normalized spacial score (nSPS) is 12.8. The standard InChI is InChI=1S/C20H18N6O2S2/c1-11-17(30-12(2)22-11)18-23-24-20(28-18)29-10-16(27)13(9-21)19-25(3)14-7-5-6-8-15(14)26(19)4/h5-8H,10H2,1-4H3. The smallest absolute Gasteiger partial charge is 0.277 e. The molecule has 30 heavy (non-hydrogen) atoms. The van der Waals surface area contributed by atoms with Crippen LogP contribution in [0.2, 0.25) is 0 Å². The van der Waals surface area contributed by atoms with Crippen LogP contribution in [0.15, 0.2) is 45.3 Å². The van der Waals surface area contributed by atoms with Crippen LogP contribution in [0.1, 0.15) is 10.7 Å². The van der Waals surface area contributed by atoms with Gasteiger partial charge in [0.2, 0.25) is 0 Å². The lowest BCUT2D eigenvalue weighted by Gasteiger charge is -2.19. The molecule has 0 saturated heterocycles. The lowest BCUT2D eigenvalue weighted by Crippen LogP contribution is -2.26.